The largest absolute Gasteiger partial charge is 0.459 e. The van der Waals surface area contributed by atoms with Crippen LogP contribution in [0.2, 0.25) is 0 Å². The van der Waals surface area contributed by atoms with Crippen LogP contribution in [0.15, 0.2) is 121 Å². The van der Waals surface area contributed by atoms with Crippen molar-refractivity contribution < 1.29 is 48.0 Å². The Morgan fingerprint density at radius 3 is 1.32 bits per heavy atom. The summed E-state index contributed by atoms with van der Waals surface area (Å²) >= 11 is 0. The molecule has 2 unspecified atom stereocenters. The van der Waals surface area contributed by atoms with Crippen LogP contribution < -0.4 is 0 Å². The number of ether oxygens (including phenoxy) is 5. The van der Waals surface area contributed by atoms with Crippen molar-refractivity contribution >= 4 is 23.9 Å². The molecule has 10 nitrogen and oxygen atoms in total. The Morgan fingerprint density at radius 2 is 0.886 bits per heavy atom. The molecular weight excluding hydrogens is 568 g/mol. The molecule has 0 saturated carbocycles. The Morgan fingerprint density at radius 1 is 0.523 bits per heavy atom. The van der Waals surface area contributed by atoms with E-state index in [1.54, 1.807) is 84.9 Å². The highest BCUT2D eigenvalue weighted by molar-refractivity contribution is 5.91. The molecule has 1 heterocycles. The summed E-state index contributed by atoms with van der Waals surface area (Å²) in [5.74, 6) is -3.22. The van der Waals surface area contributed by atoms with Crippen LogP contribution in [0.4, 0.5) is 0 Å². The van der Waals surface area contributed by atoms with Gasteiger partial charge in [-0.2, -0.15) is 0 Å². The van der Waals surface area contributed by atoms with Crippen LogP contribution in [-0.2, 0) is 23.7 Å². The summed E-state index contributed by atoms with van der Waals surface area (Å²) in [7, 11) is 0. The number of hydrogen-bond acceptors (Lipinski definition) is 10. The van der Waals surface area contributed by atoms with E-state index in [9.17, 15) is 24.3 Å². The van der Waals surface area contributed by atoms with Crippen LogP contribution in [0.3, 0.4) is 0 Å². The third kappa shape index (κ3) is 7.35. The van der Waals surface area contributed by atoms with Gasteiger partial charge in [-0.15, -0.1) is 0 Å². The van der Waals surface area contributed by atoms with Crippen molar-refractivity contribution in [2.75, 3.05) is 6.61 Å². The molecule has 0 amide bonds. The molecule has 10 heteroatoms. The fourth-order valence-electron chi connectivity index (χ4n) is 4.48. The Bertz CT molecular complexity index is 1560. The van der Waals surface area contributed by atoms with Gasteiger partial charge in [0.15, 0.2) is 6.10 Å². The second-order valence-corrected chi connectivity index (χ2v) is 9.74. The van der Waals surface area contributed by atoms with E-state index in [1.807, 2.05) is 0 Å². The van der Waals surface area contributed by atoms with E-state index in [-0.39, 0.29) is 22.3 Å². The molecule has 0 aromatic heterocycles. The smallest absolute Gasteiger partial charge is 0.340 e. The number of carbonyl (C=O) groups excluding carboxylic acids is 4. The summed E-state index contributed by atoms with van der Waals surface area (Å²) in [4.78, 5) is 52.1. The average Bonchev–Trinajstić information content (AvgIpc) is 3.08. The predicted octanol–water partition coefficient (Wildman–Crippen LogP) is 4.24. The molecule has 4 aromatic rings. The van der Waals surface area contributed by atoms with Crippen molar-refractivity contribution in [3.63, 3.8) is 0 Å². The standard InChI is InChI=1S/C34H28O10/c35-27-26(21-40-30(36)22-13-5-1-6-14-22)41-34(44-33(39)25-19-11-4-12-20-25)29(43-32(38)24-17-9-3-10-18-24)28(27)42-31(37)23-15-7-2-8-16-23/h1-20,26-29,34-35H,21H2/t26?,27-,28+,29?,34+/m0/s1. The SMILES string of the molecule is O=C(OCC1O[C@H](OC(=O)c2ccccc2)C(OC(=O)c2ccccc2)[C@H](OC(=O)c2ccccc2)[C@H]1O)c1ccccc1. The number of benzene rings is 4. The van der Waals surface area contributed by atoms with E-state index < -0.39 is 61.2 Å². The molecule has 0 radical (unpaired) electrons. The molecule has 5 atom stereocenters. The maximum absolute atomic E-state index is 13.2. The fraction of sp³-hybridized carbons (Fsp3) is 0.176. The molecule has 44 heavy (non-hydrogen) atoms. The summed E-state index contributed by atoms with van der Waals surface area (Å²) in [6, 6.07) is 32.1. The van der Waals surface area contributed by atoms with Gasteiger partial charge in [-0.25, -0.2) is 19.2 Å². The van der Waals surface area contributed by atoms with Crippen LogP contribution in [-0.4, -0.2) is 66.3 Å². The molecule has 1 aliphatic heterocycles. The van der Waals surface area contributed by atoms with Gasteiger partial charge in [-0.05, 0) is 48.5 Å². The van der Waals surface area contributed by atoms with E-state index in [0.29, 0.717) is 0 Å². The lowest BCUT2D eigenvalue weighted by Crippen LogP contribution is -2.62. The van der Waals surface area contributed by atoms with Crippen molar-refractivity contribution in [2.45, 2.75) is 30.7 Å². The van der Waals surface area contributed by atoms with Crippen molar-refractivity contribution in [3.8, 4) is 0 Å². The van der Waals surface area contributed by atoms with Gasteiger partial charge in [-0.3, -0.25) is 0 Å². The van der Waals surface area contributed by atoms with Crippen LogP contribution >= 0.6 is 0 Å². The third-order valence-corrected chi connectivity index (χ3v) is 6.74. The molecule has 1 fully saturated rings. The van der Waals surface area contributed by atoms with Gasteiger partial charge in [0.1, 0.15) is 18.8 Å². The lowest BCUT2D eigenvalue weighted by molar-refractivity contribution is -0.283. The van der Waals surface area contributed by atoms with Gasteiger partial charge >= 0.3 is 23.9 Å². The Balaban J connectivity index is 1.46. The summed E-state index contributed by atoms with van der Waals surface area (Å²) in [5, 5.41) is 11.4. The molecule has 1 saturated heterocycles. The minimum atomic E-state index is -1.67. The maximum Gasteiger partial charge on any atom is 0.340 e. The lowest BCUT2D eigenvalue weighted by atomic mass is 9.98. The molecule has 1 aliphatic rings. The summed E-state index contributed by atoms with van der Waals surface area (Å²) < 4.78 is 28.3. The van der Waals surface area contributed by atoms with Crippen LogP contribution in [0.5, 0.6) is 0 Å². The first-order valence-electron chi connectivity index (χ1n) is 13.7. The Kier molecular flexibility index (Phi) is 9.75. The molecule has 0 aliphatic carbocycles. The first-order chi connectivity index (χ1) is 21.4. The number of aliphatic hydroxyl groups excluding tert-OH is 1. The normalized spacial score (nSPS) is 21.0. The van der Waals surface area contributed by atoms with Gasteiger partial charge in [0.2, 0.25) is 12.4 Å². The third-order valence-electron chi connectivity index (χ3n) is 6.74. The quantitative estimate of drug-likeness (QED) is 0.221. The van der Waals surface area contributed by atoms with Crippen molar-refractivity contribution in [2.24, 2.45) is 0 Å². The maximum atomic E-state index is 13.2. The first-order valence-corrected chi connectivity index (χ1v) is 13.7. The van der Waals surface area contributed by atoms with E-state index in [0.717, 1.165) is 0 Å². The molecular formula is C34H28O10. The highest BCUT2D eigenvalue weighted by Crippen LogP contribution is 2.30. The Hall–Kier alpha value is -5.32. The molecule has 5 rings (SSSR count). The van der Waals surface area contributed by atoms with Gasteiger partial charge in [0.25, 0.3) is 0 Å². The van der Waals surface area contributed by atoms with Gasteiger partial charge < -0.3 is 28.8 Å². The van der Waals surface area contributed by atoms with E-state index >= 15 is 0 Å². The van der Waals surface area contributed by atoms with E-state index in [4.69, 9.17) is 23.7 Å². The van der Waals surface area contributed by atoms with Gasteiger partial charge in [0, 0.05) is 0 Å². The molecule has 0 bridgehead atoms. The predicted molar refractivity (Wildman–Crippen MR) is 155 cm³/mol. The summed E-state index contributed by atoms with van der Waals surface area (Å²) in [5.41, 5.74) is 0.734. The highest BCUT2D eigenvalue weighted by atomic mass is 16.7. The molecule has 224 valence electrons. The zero-order valence-corrected chi connectivity index (χ0v) is 23.3. The van der Waals surface area contributed by atoms with Crippen molar-refractivity contribution in [1.82, 2.24) is 0 Å². The first kappa shape index (κ1) is 30.1. The number of aliphatic hydroxyl groups is 1. The van der Waals surface area contributed by atoms with Crippen molar-refractivity contribution in [1.29, 1.82) is 0 Å². The zero-order valence-electron chi connectivity index (χ0n) is 23.3. The second-order valence-electron chi connectivity index (χ2n) is 9.74. The van der Waals surface area contributed by atoms with E-state index in [1.165, 1.54) is 36.4 Å². The second kappa shape index (κ2) is 14.2. The minimum absolute atomic E-state index is 0.155. The van der Waals surface area contributed by atoms with Gasteiger partial charge in [-0.1, -0.05) is 72.8 Å². The number of hydrogen-bond donors (Lipinski definition) is 1. The number of rotatable bonds is 9. The topological polar surface area (TPSA) is 135 Å². The fourth-order valence-corrected chi connectivity index (χ4v) is 4.48. The Labute approximate surface area is 252 Å². The van der Waals surface area contributed by atoms with E-state index in [2.05, 4.69) is 0 Å². The van der Waals surface area contributed by atoms with Crippen LogP contribution in [0.1, 0.15) is 41.4 Å². The lowest BCUT2D eigenvalue weighted by Gasteiger charge is -2.42. The zero-order chi connectivity index (χ0) is 30.9. The number of esters is 4. The molecule has 0 spiro atoms. The summed E-state index contributed by atoms with van der Waals surface area (Å²) in [6.45, 7) is -0.507. The number of carbonyl (C=O) groups is 4. The minimum Gasteiger partial charge on any atom is -0.459 e. The summed E-state index contributed by atoms with van der Waals surface area (Å²) in [6.07, 6.45) is -7.91. The van der Waals surface area contributed by atoms with Gasteiger partial charge in [0.05, 0.1) is 22.3 Å². The highest BCUT2D eigenvalue weighted by Gasteiger charge is 2.52. The van der Waals surface area contributed by atoms with Crippen LogP contribution in [0, 0.1) is 0 Å². The molecule has 4 aromatic carbocycles. The van der Waals surface area contributed by atoms with Crippen LogP contribution in [0.25, 0.3) is 0 Å². The van der Waals surface area contributed by atoms with Crippen molar-refractivity contribution in [3.05, 3.63) is 144 Å². The monoisotopic (exact) mass is 596 g/mol. The molecule has 1 N–H and O–H groups in total. The average molecular weight is 597 g/mol.